The lowest BCUT2D eigenvalue weighted by Gasteiger charge is -2.34. The Morgan fingerprint density at radius 3 is 3.04 bits per heavy atom. The van der Waals surface area contributed by atoms with E-state index in [4.69, 9.17) is 4.74 Å². The summed E-state index contributed by atoms with van der Waals surface area (Å²) in [5, 5.41) is 0. The van der Waals surface area contributed by atoms with Gasteiger partial charge >= 0.3 is 0 Å². The number of amides is 1. The smallest absolute Gasteiger partial charge is 0.290 e. The zero-order valence-electron chi connectivity index (χ0n) is 13.5. The Bertz CT molecular complexity index is 920. The highest BCUT2D eigenvalue weighted by Crippen LogP contribution is 2.29. The SMILES string of the molecule is COc1ccnc2nc(C(=O)N3CCc4ncccc4[C@H]3C)[nH]c12. The molecule has 1 atom stereocenters. The quantitative estimate of drug-likeness (QED) is 0.781. The van der Waals surface area contributed by atoms with Crippen molar-refractivity contribution >= 4 is 17.1 Å². The number of pyridine rings is 2. The largest absolute Gasteiger partial charge is 0.494 e. The monoisotopic (exact) mass is 323 g/mol. The zero-order valence-corrected chi connectivity index (χ0v) is 13.5. The molecule has 7 heteroatoms. The molecule has 0 spiro atoms. The van der Waals surface area contributed by atoms with E-state index in [0.29, 0.717) is 23.5 Å². The molecule has 3 aromatic heterocycles. The van der Waals surface area contributed by atoms with E-state index in [0.717, 1.165) is 17.7 Å². The van der Waals surface area contributed by atoms with Crippen molar-refractivity contribution in [1.82, 2.24) is 24.8 Å². The summed E-state index contributed by atoms with van der Waals surface area (Å²) in [7, 11) is 1.58. The predicted octanol–water partition coefficient (Wildman–Crippen LogP) is 2.12. The van der Waals surface area contributed by atoms with Gasteiger partial charge < -0.3 is 14.6 Å². The molecular formula is C17H17N5O2. The molecule has 0 bridgehead atoms. The van der Waals surface area contributed by atoms with Crippen LogP contribution in [0.5, 0.6) is 5.75 Å². The normalized spacial score (nSPS) is 16.9. The molecule has 0 aliphatic carbocycles. The number of hydrogen-bond acceptors (Lipinski definition) is 5. The van der Waals surface area contributed by atoms with Crippen molar-refractivity contribution in [3.63, 3.8) is 0 Å². The second-order valence-electron chi connectivity index (χ2n) is 5.76. The summed E-state index contributed by atoms with van der Waals surface area (Å²) >= 11 is 0. The minimum Gasteiger partial charge on any atom is -0.494 e. The van der Waals surface area contributed by atoms with Gasteiger partial charge in [-0.15, -0.1) is 0 Å². The number of fused-ring (bicyclic) bond motifs is 2. The van der Waals surface area contributed by atoms with Gasteiger partial charge in [-0.1, -0.05) is 6.07 Å². The first-order chi connectivity index (χ1) is 11.7. The summed E-state index contributed by atoms with van der Waals surface area (Å²) in [6.45, 7) is 2.63. The number of carbonyl (C=O) groups excluding carboxylic acids is 1. The van der Waals surface area contributed by atoms with Crippen molar-refractivity contribution in [2.75, 3.05) is 13.7 Å². The number of rotatable bonds is 2. The number of methoxy groups -OCH3 is 1. The van der Waals surface area contributed by atoms with Crippen LogP contribution in [0.2, 0.25) is 0 Å². The number of H-pyrrole nitrogens is 1. The number of ether oxygens (including phenoxy) is 1. The minimum atomic E-state index is -0.142. The summed E-state index contributed by atoms with van der Waals surface area (Å²) in [4.78, 5) is 30.7. The van der Waals surface area contributed by atoms with Gasteiger partial charge in [0.05, 0.1) is 13.2 Å². The first-order valence-corrected chi connectivity index (χ1v) is 7.82. The molecule has 1 aliphatic heterocycles. The average Bonchev–Trinajstić information content (AvgIpc) is 3.06. The van der Waals surface area contributed by atoms with E-state index in [-0.39, 0.29) is 17.8 Å². The van der Waals surface area contributed by atoms with Crippen molar-refractivity contribution in [3.8, 4) is 5.75 Å². The Morgan fingerprint density at radius 2 is 2.21 bits per heavy atom. The van der Waals surface area contributed by atoms with Crippen LogP contribution >= 0.6 is 0 Å². The lowest BCUT2D eigenvalue weighted by Crippen LogP contribution is -2.39. The van der Waals surface area contributed by atoms with E-state index in [1.165, 1.54) is 0 Å². The zero-order chi connectivity index (χ0) is 16.7. The van der Waals surface area contributed by atoms with E-state index in [2.05, 4.69) is 19.9 Å². The van der Waals surface area contributed by atoms with Crippen LogP contribution in [0.25, 0.3) is 11.2 Å². The number of carbonyl (C=O) groups is 1. The van der Waals surface area contributed by atoms with E-state index in [9.17, 15) is 4.79 Å². The van der Waals surface area contributed by atoms with E-state index in [1.54, 1.807) is 25.6 Å². The summed E-state index contributed by atoms with van der Waals surface area (Å²) in [5.41, 5.74) is 3.26. The van der Waals surface area contributed by atoms with Crippen LogP contribution in [-0.4, -0.2) is 44.4 Å². The fourth-order valence-corrected chi connectivity index (χ4v) is 3.20. The van der Waals surface area contributed by atoms with Crippen LogP contribution in [0.1, 0.15) is 34.8 Å². The molecular weight excluding hydrogens is 306 g/mol. The second kappa shape index (κ2) is 5.59. The fraction of sp³-hybridized carbons (Fsp3) is 0.294. The van der Waals surface area contributed by atoms with Crippen LogP contribution in [-0.2, 0) is 6.42 Å². The van der Waals surface area contributed by atoms with Gasteiger partial charge in [-0.2, -0.15) is 0 Å². The topological polar surface area (TPSA) is 84.0 Å². The third-order valence-electron chi connectivity index (χ3n) is 4.47. The van der Waals surface area contributed by atoms with Gasteiger partial charge in [0.2, 0.25) is 0 Å². The molecule has 7 nitrogen and oxygen atoms in total. The highest BCUT2D eigenvalue weighted by molar-refractivity contribution is 5.95. The van der Waals surface area contributed by atoms with Crippen LogP contribution in [0, 0.1) is 0 Å². The third-order valence-corrected chi connectivity index (χ3v) is 4.47. The highest BCUT2D eigenvalue weighted by atomic mass is 16.5. The van der Waals surface area contributed by atoms with Crippen LogP contribution in [0.15, 0.2) is 30.6 Å². The lowest BCUT2D eigenvalue weighted by molar-refractivity contribution is 0.0665. The van der Waals surface area contributed by atoms with E-state index >= 15 is 0 Å². The number of aromatic nitrogens is 4. The van der Waals surface area contributed by atoms with Gasteiger partial charge in [0, 0.05) is 37.1 Å². The highest BCUT2D eigenvalue weighted by Gasteiger charge is 2.30. The summed E-state index contributed by atoms with van der Waals surface area (Å²) in [6, 6.07) is 5.62. The Kier molecular flexibility index (Phi) is 3.41. The molecule has 0 fully saturated rings. The molecule has 1 amide bonds. The van der Waals surface area contributed by atoms with Crippen LogP contribution < -0.4 is 4.74 Å². The number of nitrogens with one attached hydrogen (secondary N) is 1. The van der Waals surface area contributed by atoms with E-state index < -0.39 is 0 Å². The Hall–Kier alpha value is -2.96. The maximum atomic E-state index is 12.9. The molecule has 4 rings (SSSR count). The van der Waals surface area contributed by atoms with Crippen molar-refractivity contribution in [1.29, 1.82) is 0 Å². The van der Waals surface area contributed by atoms with Gasteiger partial charge in [0.25, 0.3) is 5.91 Å². The Morgan fingerprint density at radius 1 is 1.33 bits per heavy atom. The Labute approximate surface area is 138 Å². The molecule has 24 heavy (non-hydrogen) atoms. The number of aromatic amines is 1. The van der Waals surface area contributed by atoms with Gasteiger partial charge in [0.1, 0.15) is 11.3 Å². The number of imidazole rings is 1. The molecule has 4 heterocycles. The van der Waals surface area contributed by atoms with Crippen molar-refractivity contribution in [2.45, 2.75) is 19.4 Å². The second-order valence-corrected chi connectivity index (χ2v) is 5.76. The van der Waals surface area contributed by atoms with Crippen molar-refractivity contribution in [2.24, 2.45) is 0 Å². The summed E-state index contributed by atoms with van der Waals surface area (Å²) in [6.07, 6.45) is 4.15. The average molecular weight is 323 g/mol. The van der Waals surface area contributed by atoms with Crippen LogP contribution in [0.4, 0.5) is 0 Å². The molecule has 0 saturated carbocycles. The first kappa shape index (κ1) is 14.6. The molecule has 0 aromatic carbocycles. The van der Waals surface area contributed by atoms with Gasteiger partial charge in [-0.05, 0) is 18.6 Å². The first-order valence-electron chi connectivity index (χ1n) is 7.82. The standard InChI is InChI=1S/C17H17N5O2/c1-10-11-4-3-7-18-12(11)6-9-22(10)17(23)16-20-14-13(24-2)5-8-19-15(14)21-16/h3-5,7-8,10H,6,9H2,1-2H3,(H,19,20,21)/t10-/m1/s1. The van der Waals surface area contributed by atoms with E-state index in [1.807, 2.05) is 24.0 Å². The van der Waals surface area contributed by atoms with Gasteiger partial charge in [-0.25, -0.2) is 9.97 Å². The molecule has 0 unspecified atom stereocenters. The molecule has 3 aromatic rings. The molecule has 122 valence electrons. The molecule has 0 radical (unpaired) electrons. The van der Waals surface area contributed by atoms with Crippen molar-refractivity contribution in [3.05, 3.63) is 47.7 Å². The predicted molar refractivity (Wildman–Crippen MR) is 87.8 cm³/mol. The molecule has 0 saturated heterocycles. The maximum absolute atomic E-state index is 12.9. The lowest BCUT2D eigenvalue weighted by atomic mass is 9.98. The number of hydrogen-bond donors (Lipinski definition) is 1. The van der Waals surface area contributed by atoms with Crippen molar-refractivity contribution < 1.29 is 9.53 Å². The number of nitrogens with zero attached hydrogens (tertiary/aromatic N) is 4. The Balaban J connectivity index is 1.69. The third kappa shape index (κ3) is 2.20. The molecule has 1 N–H and O–H groups in total. The van der Waals surface area contributed by atoms with Gasteiger partial charge in [-0.3, -0.25) is 9.78 Å². The molecule has 1 aliphatic rings. The summed E-state index contributed by atoms with van der Waals surface area (Å²) in [5.74, 6) is 0.756. The summed E-state index contributed by atoms with van der Waals surface area (Å²) < 4.78 is 5.29. The maximum Gasteiger partial charge on any atom is 0.290 e. The van der Waals surface area contributed by atoms with Crippen LogP contribution in [0.3, 0.4) is 0 Å². The van der Waals surface area contributed by atoms with Gasteiger partial charge in [0.15, 0.2) is 11.5 Å². The minimum absolute atomic E-state index is 0.0435. The fourth-order valence-electron chi connectivity index (χ4n) is 3.20.